The van der Waals surface area contributed by atoms with E-state index < -0.39 is 5.91 Å². The Morgan fingerprint density at radius 3 is 2.51 bits per heavy atom. The summed E-state index contributed by atoms with van der Waals surface area (Å²) in [7, 11) is 0. The molecule has 0 spiro atoms. The highest BCUT2D eigenvalue weighted by Crippen LogP contribution is 2.35. The predicted octanol–water partition coefficient (Wildman–Crippen LogP) is 5.85. The third kappa shape index (κ3) is 5.11. The van der Waals surface area contributed by atoms with Crippen molar-refractivity contribution < 1.29 is 19.1 Å². The standard InChI is InChI=1S/C28H27ClN2O4/c1-3-34-26-15-19(12-13-25(26)35-17-20-8-4-7-11-24(20)29)14-22-18(2)23(16-30)28(33)31(27(22)32)21-9-5-6-10-21/h4,7-8,11-15,21H,3,5-6,9-10,17H2,1-2H3/b22-14+. The number of ether oxygens (including phenoxy) is 2. The van der Waals surface area contributed by atoms with Crippen molar-refractivity contribution in [3.05, 3.63) is 75.3 Å². The van der Waals surface area contributed by atoms with Gasteiger partial charge < -0.3 is 9.47 Å². The van der Waals surface area contributed by atoms with Gasteiger partial charge in [-0.15, -0.1) is 0 Å². The molecule has 0 saturated heterocycles. The smallest absolute Gasteiger partial charge is 0.271 e. The van der Waals surface area contributed by atoms with Gasteiger partial charge in [0.15, 0.2) is 11.5 Å². The number of halogens is 1. The minimum atomic E-state index is -0.489. The lowest BCUT2D eigenvalue weighted by Gasteiger charge is -2.32. The number of rotatable bonds is 7. The summed E-state index contributed by atoms with van der Waals surface area (Å²) in [5, 5.41) is 10.3. The maximum atomic E-state index is 13.4. The van der Waals surface area contributed by atoms with Gasteiger partial charge in [-0.25, -0.2) is 0 Å². The first-order chi connectivity index (χ1) is 16.9. The molecule has 1 heterocycles. The molecule has 0 atom stereocenters. The van der Waals surface area contributed by atoms with Crippen LogP contribution in [0.4, 0.5) is 0 Å². The summed E-state index contributed by atoms with van der Waals surface area (Å²) in [5.41, 5.74) is 2.33. The molecule has 0 bridgehead atoms. The summed E-state index contributed by atoms with van der Waals surface area (Å²) in [6, 6.07) is 14.7. The SMILES string of the molecule is CCOc1cc(/C=C2/C(=O)N(C3CCCC3)C(=O)C(C#N)=C2C)ccc1OCc1ccccc1Cl. The molecular weight excluding hydrogens is 464 g/mol. The molecule has 2 aromatic rings. The second-order valence-corrected chi connectivity index (χ2v) is 9.01. The van der Waals surface area contributed by atoms with E-state index in [-0.39, 0.29) is 24.1 Å². The summed E-state index contributed by atoms with van der Waals surface area (Å²) in [4.78, 5) is 27.6. The Kier molecular flexibility index (Phi) is 7.57. The fourth-order valence-corrected chi connectivity index (χ4v) is 4.72. The van der Waals surface area contributed by atoms with Crippen molar-refractivity contribution in [3.8, 4) is 17.6 Å². The zero-order valence-corrected chi connectivity index (χ0v) is 20.6. The van der Waals surface area contributed by atoms with E-state index in [9.17, 15) is 14.9 Å². The van der Waals surface area contributed by atoms with Gasteiger partial charge in [-0.05, 0) is 62.1 Å². The largest absolute Gasteiger partial charge is 0.490 e. The van der Waals surface area contributed by atoms with E-state index in [1.165, 1.54) is 4.90 Å². The molecule has 1 fully saturated rings. The molecule has 0 aromatic heterocycles. The molecule has 1 saturated carbocycles. The summed E-state index contributed by atoms with van der Waals surface area (Å²) < 4.78 is 11.8. The van der Waals surface area contributed by atoms with Crippen molar-refractivity contribution in [1.82, 2.24) is 4.90 Å². The Hall–Kier alpha value is -3.56. The predicted molar refractivity (Wildman–Crippen MR) is 134 cm³/mol. The van der Waals surface area contributed by atoms with E-state index in [2.05, 4.69) is 0 Å². The highest BCUT2D eigenvalue weighted by atomic mass is 35.5. The molecule has 0 unspecified atom stereocenters. The van der Waals surface area contributed by atoms with Gasteiger partial charge in [-0.3, -0.25) is 14.5 Å². The number of carbonyl (C=O) groups excluding carboxylic acids is 2. The van der Waals surface area contributed by atoms with Crippen LogP contribution < -0.4 is 9.47 Å². The molecular formula is C28H27ClN2O4. The maximum Gasteiger partial charge on any atom is 0.271 e. The van der Waals surface area contributed by atoms with Crippen LogP contribution in [-0.4, -0.2) is 29.4 Å². The number of carbonyl (C=O) groups is 2. The van der Waals surface area contributed by atoms with Crippen LogP contribution in [0.25, 0.3) is 6.08 Å². The fraction of sp³-hybridized carbons (Fsp3) is 0.321. The number of imide groups is 1. The molecule has 2 amide bonds. The van der Waals surface area contributed by atoms with Crippen LogP contribution in [0.15, 0.2) is 59.2 Å². The molecule has 4 rings (SSSR count). The van der Waals surface area contributed by atoms with Crippen LogP contribution >= 0.6 is 11.6 Å². The molecule has 2 aromatic carbocycles. The first kappa shape index (κ1) is 24.6. The topological polar surface area (TPSA) is 79.6 Å². The van der Waals surface area contributed by atoms with E-state index in [4.69, 9.17) is 21.1 Å². The molecule has 1 aliphatic carbocycles. The summed E-state index contributed by atoms with van der Waals surface area (Å²) in [5.74, 6) is 0.243. The fourth-order valence-electron chi connectivity index (χ4n) is 4.53. The molecule has 0 radical (unpaired) electrons. The summed E-state index contributed by atoms with van der Waals surface area (Å²) in [6.45, 7) is 4.24. The average Bonchev–Trinajstić information content (AvgIpc) is 3.37. The second kappa shape index (κ2) is 10.8. The third-order valence-corrected chi connectivity index (χ3v) is 6.75. The Bertz CT molecular complexity index is 1250. The van der Waals surface area contributed by atoms with Gasteiger partial charge in [0.05, 0.1) is 6.61 Å². The monoisotopic (exact) mass is 490 g/mol. The molecule has 180 valence electrons. The molecule has 6 nitrogen and oxygen atoms in total. The van der Waals surface area contributed by atoms with Crippen LogP contribution in [0.2, 0.25) is 5.02 Å². The van der Waals surface area contributed by atoms with Crippen LogP contribution in [0, 0.1) is 11.3 Å². The summed E-state index contributed by atoms with van der Waals surface area (Å²) in [6.07, 6.45) is 5.20. The van der Waals surface area contributed by atoms with Crippen LogP contribution in [-0.2, 0) is 16.2 Å². The molecule has 2 aliphatic rings. The maximum absolute atomic E-state index is 13.4. The molecule has 1 aliphatic heterocycles. The van der Waals surface area contributed by atoms with Crippen molar-refractivity contribution in [3.63, 3.8) is 0 Å². The van der Waals surface area contributed by atoms with Crippen molar-refractivity contribution in [2.75, 3.05) is 6.61 Å². The molecule has 35 heavy (non-hydrogen) atoms. The third-order valence-electron chi connectivity index (χ3n) is 6.38. The van der Waals surface area contributed by atoms with E-state index >= 15 is 0 Å². The van der Waals surface area contributed by atoms with Crippen LogP contribution in [0.1, 0.15) is 50.7 Å². The zero-order valence-electron chi connectivity index (χ0n) is 19.8. The highest BCUT2D eigenvalue weighted by molar-refractivity contribution is 6.31. The van der Waals surface area contributed by atoms with Crippen molar-refractivity contribution in [1.29, 1.82) is 5.26 Å². The van der Waals surface area contributed by atoms with Gasteiger partial charge in [-0.2, -0.15) is 5.26 Å². The normalized spacial score (nSPS) is 17.8. The van der Waals surface area contributed by atoms with Gasteiger partial charge in [0.1, 0.15) is 18.2 Å². The molecule has 7 heteroatoms. The van der Waals surface area contributed by atoms with Gasteiger partial charge in [-0.1, -0.05) is 48.7 Å². The minimum Gasteiger partial charge on any atom is -0.490 e. The number of nitrogens with zero attached hydrogens (tertiary/aromatic N) is 2. The first-order valence-electron chi connectivity index (χ1n) is 11.8. The van der Waals surface area contributed by atoms with Gasteiger partial charge in [0.25, 0.3) is 11.8 Å². The minimum absolute atomic E-state index is 0.0208. The van der Waals surface area contributed by atoms with Gasteiger partial charge in [0.2, 0.25) is 0 Å². The lowest BCUT2D eigenvalue weighted by molar-refractivity contribution is -0.143. The van der Waals surface area contributed by atoms with Crippen molar-refractivity contribution in [2.45, 2.75) is 52.2 Å². The lowest BCUT2D eigenvalue weighted by atomic mass is 9.92. The second-order valence-electron chi connectivity index (χ2n) is 8.61. The van der Waals surface area contributed by atoms with E-state index in [1.54, 1.807) is 25.1 Å². The van der Waals surface area contributed by atoms with Gasteiger partial charge in [0, 0.05) is 22.2 Å². The number of amides is 2. The van der Waals surface area contributed by atoms with E-state index in [1.807, 2.05) is 43.3 Å². The number of nitriles is 1. The zero-order chi connectivity index (χ0) is 24.9. The number of hydrogen-bond donors (Lipinski definition) is 0. The van der Waals surface area contributed by atoms with E-state index in [0.717, 1.165) is 31.2 Å². The quantitative estimate of drug-likeness (QED) is 0.359. The summed E-state index contributed by atoms with van der Waals surface area (Å²) >= 11 is 6.24. The van der Waals surface area contributed by atoms with Crippen molar-refractivity contribution in [2.24, 2.45) is 0 Å². The van der Waals surface area contributed by atoms with Crippen LogP contribution in [0.5, 0.6) is 11.5 Å². The highest BCUT2D eigenvalue weighted by Gasteiger charge is 2.40. The Labute approximate surface area is 210 Å². The molecule has 0 N–H and O–H groups in total. The van der Waals surface area contributed by atoms with E-state index in [0.29, 0.717) is 39.8 Å². The van der Waals surface area contributed by atoms with Crippen molar-refractivity contribution >= 4 is 29.5 Å². The average molecular weight is 491 g/mol. The Morgan fingerprint density at radius 2 is 1.83 bits per heavy atom. The van der Waals surface area contributed by atoms with Gasteiger partial charge >= 0.3 is 0 Å². The number of hydrogen-bond acceptors (Lipinski definition) is 5. The Balaban J connectivity index is 1.66. The van der Waals surface area contributed by atoms with Crippen LogP contribution in [0.3, 0.4) is 0 Å². The first-order valence-corrected chi connectivity index (χ1v) is 12.2. The lowest BCUT2D eigenvalue weighted by Crippen LogP contribution is -2.47. The number of benzene rings is 2. The Morgan fingerprint density at radius 1 is 1.09 bits per heavy atom.